The van der Waals surface area contributed by atoms with Crippen LogP contribution >= 0.6 is 0 Å². The molecule has 5 nitrogen and oxygen atoms in total. The maximum absolute atomic E-state index is 10.2. The first kappa shape index (κ1) is 37.8. The van der Waals surface area contributed by atoms with Crippen LogP contribution in [0.5, 0.6) is 0 Å². The third-order valence-electron chi connectivity index (χ3n) is 3.63. The Kier molecular flexibility index (Phi) is 29.2. The number of hydrogen-bond acceptors (Lipinski definition) is 2. The van der Waals surface area contributed by atoms with E-state index in [1.807, 2.05) is 0 Å². The van der Waals surface area contributed by atoms with E-state index in [-0.39, 0.29) is 44.4 Å². The second-order valence-electron chi connectivity index (χ2n) is 9.03. The summed E-state index contributed by atoms with van der Waals surface area (Å²) in [5.41, 5.74) is 0.784. The van der Waals surface area contributed by atoms with Crippen molar-refractivity contribution in [2.45, 2.75) is 106 Å². The topological polar surface area (TPSA) is 106 Å². The van der Waals surface area contributed by atoms with Gasteiger partial charge in [-0.15, -0.1) is 0 Å². The van der Waals surface area contributed by atoms with Crippen LogP contribution in [0, 0.1) is 10.8 Å². The van der Waals surface area contributed by atoms with Crippen LogP contribution in [-0.2, 0) is 48.5 Å². The van der Waals surface area contributed by atoms with Crippen LogP contribution in [0.15, 0.2) is 0 Å². The minimum Gasteiger partial charge on any atom is -0.481 e. The molecular weight excluding hydrogens is 451 g/mol. The first-order valence-electron chi connectivity index (χ1n) is 9.27. The molecule has 0 aromatic carbocycles. The quantitative estimate of drug-likeness (QED) is 0.318. The average Bonchev–Trinajstić information content (AvgIpc) is 2.35. The van der Waals surface area contributed by atoms with Crippen molar-refractivity contribution in [2.24, 2.45) is 10.8 Å². The third kappa shape index (κ3) is 46.3. The normalized spacial score (nSPS) is 10.3. The molecule has 0 radical (unpaired) electrons. The van der Waals surface area contributed by atoms with E-state index in [0.717, 1.165) is 38.5 Å². The molecule has 0 aliphatic rings. The van der Waals surface area contributed by atoms with Gasteiger partial charge in [0.2, 0.25) is 0 Å². The molecule has 0 spiro atoms. The number of rotatable bonds is 10. The smallest absolute Gasteiger partial charge is 0.303 e. The summed E-state index contributed by atoms with van der Waals surface area (Å²) in [6, 6.07) is 0. The van der Waals surface area contributed by atoms with Crippen LogP contribution in [0.3, 0.4) is 0 Å². The van der Waals surface area contributed by atoms with Gasteiger partial charge in [0.15, 0.2) is 0 Å². The summed E-state index contributed by atoms with van der Waals surface area (Å²) in [5.74, 6) is -1.35. The maximum atomic E-state index is 10.2. The van der Waals surface area contributed by atoms with Gasteiger partial charge in [-0.05, 0) is 36.5 Å². The van der Waals surface area contributed by atoms with Gasteiger partial charge >= 0.3 is 11.9 Å². The van der Waals surface area contributed by atoms with Crippen LogP contribution in [0.25, 0.3) is 0 Å². The monoisotopic (exact) mass is 490 g/mol. The summed E-state index contributed by atoms with van der Waals surface area (Å²) in [4.78, 5) is 20.3. The van der Waals surface area contributed by atoms with Crippen LogP contribution in [0.1, 0.15) is 106 Å². The van der Waals surface area contributed by atoms with Crippen molar-refractivity contribution in [3.63, 3.8) is 0 Å². The predicted molar refractivity (Wildman–Crippen MR) is 104 cm³/mol. The molecule has 0 aromatic heterocycles. The van der Waals surface area contributed by atoms with Gasteiger partial charge in [0, 0.05) is 51.8 Å². The molecule has 0 saturated carbocycles. The minimum atomic E-state index is -0.675. The molecule has 0 heterocycles. The largest absolute Gasteiger partial charge is 0.481 e. The molecule has 0 fully saturated rings. The van der Waals surface area contributed by atoms with E-state index in [4.69, 9.17) is 10.2 Å². The zero-order valence-electron chi connectivity index (χ0n) is 18.7. The van der Waals surface area contributed by atoms with Crippen molar-refractivity contribution in [2.75, 3.05) is 0 Å². The minimum absolute atomic E-state index is 0. The Morgan fingerprint density at radius 3 is 1.04 bits per heavy atom. The Morgan fingerprint density at radius 1 is 0.593 bits per heavy atom. The summed E-state index contributed by atoms with van der Waals surface area (Å²) in [7, 11) is 0. The van der Waals surface area contributed by atoms with E-state index in [1.165, 1.54) is 12.8 Å². The summed E-state index contributed by atoms with van der Waals surface area (Å²) in [6.45, 7) is 13.3. The molecule has 4 N–H and O–H groups in total. The number of carbonyl (C=O) groups is 2. The number of hydrogen-bond donors (Lipinski definition) is 2. The summed E-state index contributed by atoms with van der Waals surface area (Å²) < 4.78 is 0. The van der Waals surface area contributed by atoms with Crippen LogP contribution < -0.4 is 0 Å². The van der Waals surface area contributed by atoms with Gasteiger partial charge in [0.25, 0.3) is 0 Å². The van der Waals surface area contributed by atoms with Gasteiger partial charge < -0.3 is 15.7 Å². The second kappa shape index (κ2) is 20.9. The predicted octanol–water partition coefficient (Wildman–Crippen LogP) is 5.31. The summed E-state index contributed by atoms with van der Waals surface area (Å²) in [6.07, 6.45) is 9.06. The van der Waals surface area contributed by atoms with Gasteiger partial charge in [-0.2, -0.15) is 0 Å². The fraction of sp³-hybridized carbons (Fsp3) is 0.900. The molecular formula is C20H42O5Zn2. The fourth-order valence-corrected chi connectivity index (χ4v) is 2.22. The fourth-order valence-electron chi connectivity index (χ4n) is 2.22. The molecule has 0 rings (SSSR count). The number of unbranched alkanes of at least 4 members (excludes halogenated alkanes) is 4. The van der Waals surface area contributed by atoms with Crippen molar-refractivity contribution in [3.05, 3.63) is 0 Å². The van der Waals surface area contributed by atoms with Gasteiger partial charge in [0.05, 0.1) is 0 Å². The molecule has 0 aliphatic heterocycles. The van der Waals surface area contributed by atoms with Gasteiger partial charge in [0.1, 0.15) is 0 Å². The zero-order chi connectivity index (χ0) is 19.2. The van der Waals surface area contributed by atoms with E-state index in [0.29, 0.717) is 23.7 Å². The third-order valence-corrected chi connectivity index (χ3v) is 3.63. The first-order valence-corrected chi connectivity index (χ1v) is 9.27. The molecule has 0 bridgehead atoms. The summed E-state index contributed by atoms with van der Waals surface area (Å²) in [5, 5.41) is 16.7. The van der Waals surface area contributed by atoms with Crippen molar-refractivity contribution < 1.29 is 64.2 Å². The van der Waals surface area contributed by atoms with Crippen molar-refractivity contribution in [1.29, 1.82) is 0 Å². The number of carboxylic acid groups (broad SMARTS) is 2. The molecule has 0 aromatic rings. The number of carboxylic acids is 2. The Morgan fingerprint density at radius 2 is 0.852 bits per heavy atom. The van der Waals surface area contributed by atoms with E-state index in [2.05, 4.69) is 41.5 Å². The van der Waals surface area contributed by atoms with Gasteiger partial charge in [-0.1, -0.05) is 67.2 Å². The second-order valence-corrected chi connectivity index (χ2v) is 9.03. The summed E-state index contributed by atoms with van der Waals surface area (Å²) >= 11 is 0. The Hall–Kier alpha value is 0.147. The van der Waals surface area contributed by atoms with E-state index < -0.39 is 11.9 Å². The van der Waals surface area contributed by atoms with Crippen LogP contribution in [0.2, 0.25) is 0 Å². The maximum Gasteiger partial charge on any atom is 0.303 e. The van der Waals surface area contributed by atoms with E-state index >= 15 is 0 Å². The van der Waals surface area contributed by atoms with Crippen LogP contribution in [0.4, 0.5) is 0 Å². The Labute approximate surface area is 192 Å². The zero-order valence-corrected chi connectivity index (χ0v) is 24.6. The molecule has 0 unspecified atom stereocenters. The van der Waals surface area contributed by atoms with E-state index in [9.17, 15) is 9.59 Å². The molecule has 0 atom stereocenters. The van der Waals surface area contributed by atoms with Crippen molar-refractivity contribution in [1.82, 2.24) is 0 Å². The Balaban J connectivity index is -0.000000108. The molecule has 0 saturated heterocycles. The first-order chi connectivity index (χ1) is 10.8. The molecule has 0 amide bonds. The molecule has 27 heavy (non-hydrogen) atoms. The Bertz CT molecular complexity index is 313. The van der Waals surface area contributed by atoms with E-state index in [1.54, 1.807) is 0 Å². The molecule has 156 valence electrons. The van der Waals surface area contributed by atoms with Gasteiger partial charge in [-0.3, -0.25) is 9.59 Å². The van der Waals surface area contributed by atoms with Gasteiger partial charge in [-0.25, -0.2) is 0 Å². The standard InChI is InChI=1S/2C10H20O2.H2O.2Zn/c2*1-10(2,3)8-6-4-5-7-9(11)12;;;/h2*4-8H2,1-3H3,(H,11,12);1H2;;. The number of aliphatic carboxylic acids is 2. The molecule has 7 heteroatoms. The SMILES string of the molecule is CC(C)(C)CCCCCC(=O)O.CC(C)(C)CCCCCC(=O)O.O.[Zn].[Zn]. The average molecular weight is 493 g/mol. The molecule has 0 aliphatic carbocycles. The van der Waals surface area contributed by atoms with Crippen LogP contribution in [-0.4, -0.2) is 27.6 Å². The van der Waals surface area contributed by atoms with Crippen molar-refractivity contribution >= 4 is 11.9 Å². The van der Waals surface area contributed by atoms with Crippen molar-refractivity contribution in [3.8, 4) is 0 Å².